The summed E-state index contributed by atoms with van der Waals surface area (Å²) in [5.74, 6) is 0.0725. The van der Waals surface area contributed by atoms with E-state index >= 15 is 0 Å². The summed E-state index contributed by atoms with van der Waals surface area (Å²) in [6.07, 6.45) is 9.68. The predicted molar refractivity (Wildman–Crippen MR) is 43.8 cm³/mol. The number of hydrogen-bond acceptors (Lipinski definition) is 1. The van der Waals surface area contributed by atoms with Crippen molar-refractivity contribution in [2.24, 2.45) is 0 Å². The van der Waals surface area contributed by atoms with Crippen LogP contribution in [0.5, 0.6) is 0 Å². The number of carbonyl (C=O) groups excluding carboxylic acids is 1. The summed E-state index contributed by atoms with van der Waals surface area (Å²) >= 11 is 0. The van der Waals surface area contributed by atoms with Crippen LogP contribution in [-0.2, 0) is 4.79 Å². The highest BCUT2D eigenvalue weighted by molar-refractivity contribution is 5.87. The van der Waals surface area contributed by atoms with E-state index < -0.39 is 0 Å². The molecule has 0 atom stereocenters. The van der Waals surface area contributed by atoms with E-state index in [2.05, 4.69) is 6.58 Å². The second-order valence-electron chi connectivity index (χ2n) is 1.92. The van der Waals surface area contributed by atoms with Crippen LogP contribution in [0.4, 0.5) is 0 Å². The van der Waals surface area contributed by atoms with E-state index in [0.29, 0.717) is 0 Å². The Kier molecular flexibility index (Phi) is 5.35. The Morgan fingerprint density at radius 2 is 2.20 bits per heavy atom. The van der Waals surface area contributed by atoms with Crippen molar-refractivity contribution in [3.05, 3.63) is 37.0 Å². The summed E-state index contributed by atoms with van der Waals surface area (Å²) in [7, 11) is 0. The summed E-state index contributed by atoms with van der Waals surface area (Å²) < 4.78 is 0. The minimum Gasteiger partial charge on any atom is -0.295 e. The first-order valence-electron chi connectivity index (χ1n) is 3.22. The largest absolute Gasteiger partial charge is 0.295 e. The summed E-state index contributed by atoms with van der Waals surface area (Å²) in [4.78, 5) is 10.3. The molecule has 0 aromatic rings. The van der Waals surface area contributed by atoms with Crippen LogP contribution in [0.15, 0.2) is 37.0 Å². The molecule has 54 valence electrons. The Balaban J connectivity index is 3.51. The van der Waals surface area contributed by atoms with Gasteiger partial charge >= 0.3 is 0 Å². The fraction of sp³-hybridized carbons (Fsp3) is 0.222. The number of ketones is 1. The van der Waals surface area contributed by atoms with Gasteiger partial charge in [-0.15, -0.1) is 6.58 Å². The van der Waals surface area contributed by atoms with Crippen LogP contribution in [-0.4, -0.2) is 5.78 Å². The smallest absolute Gasteiger partial charge is 0.152 e. The van der Waals surface area contributed by atoms with E-state index in [9.17, 15) is 4.79 Å². The van der Waals surface area contributed by atoms with Gasteiger partial charge in [0.2, 0.25) is 0 Å². The molecule has 0 fully saturated rings. The lowest BCUT2D eigenvalue weighted by molar-refractivity contribution is -0.112. The lowest BCUT2D eigenvalue weighted by Gasteiger charge is -1.76. The first kappa shape index (κ1) is 8.89. The zero-order valence-electron chi connectivity index (χ0n) is 6.21. The molecular weight excluding hydrogens is 124 g/mol. The molecule has 0 unspecified atom stereocenters. The van der Waals surface area contributed by atoms with E-state index in [1.54, 1.807) is 12.2 Å². The summed E-state index contributed by atoms with van der Waals surface area (Å²) in [6.45, 7) is 5.08. The molecular formula is C9H12O. The molecule has 0 heterocycles. The molecule has 1 nitrogen and oxygen atoms in total. The third-order valence-electron chi connectivity index (χ3n) is 0.881. The zero-order valence-corrected chi connectivity index (χ0v) is 6.21. The van der Waals surface area contributed by atoms with Crippen molar-refractivity contribution in [1.29, 1.82) is 0 Å². The molecule has 0 bridgehead atoms. The number of allylic oxidation sites excluding steroid dienone is 5. The lowest BCUT2D eigenvalue weighted by Crippen LogP contribution is -1.77. The second-order valence-corrected chi connectivity index (χ2v) is 1.92. The minimum atomic E-state index is 0.0725. The van der Waals surface area contributed by atoms with Gasteiger partial charge in [-0.3, -0.25) is 4.79 Å². The Hall–Kier alpha value is -1.11. The zero-order chi connectivity index (χ0) is 7.82. The third-order valence-corrected chi connectivity index (χ3v) is 0.881. The molecule has 10 heavy (non-hydrogen) atoms. The van der Waals surface area contributed by atoms with Gasteiger partial charge < -0.3 is 0 Å². The first-order chi connectivity index (χ1) is 4.77. The van der Waals surface area contributed by atoms with E-state index in [4.69, 9.17) is 0 Å². The molecule has 0 rings (SSSR count). The normalized spacial score (nSPS) is 10.9. The highest BCUT2D eigenvalue weighted by atomic mass is 16.1. The fourth-order valence-corrected chi connectivity index (χ4v) is 0.444. The maximum absolute atomic E-state index is 10.3. The highest BCUT2D eigenvalue weighted by Crippen LogP contribution is 1.84. The highest BCUT2D eigenvalue weighted by Gasteiger charge is 1.75. The van der Waals surface area contributed by atoms with Gasteiger partial charge in [-0.25, -0.2) is 0 Å². The van der Waals surface area contributed by atoms with Gasteiger partial charge in [0.05, 0.1) is 0 Å². The van der Waals surface area contributed by atoms with E-state index in [0.717, 1.165) is 6.42 Å². The van der Waals surface area contributed by atoms with Crippen molar-refractivity contribution < 1.29 is 4.79 Å². The van der Waals surface area contributed by atoms with Crippen LogP contribution >= 0.6 is 0 Å². The number of rotatable bonds is 4. The van der Waals surface area contributed by atoms with Crippen LogP contribution in [0.1, 0.15) is 13.3 Å². The quantitative estimate of drug-likeness (QED) is 0.329. The molecule has 0 aliphatic carbocycles. The van der Waals surface area contributed by atoms with Crippen molar-refractivity contribution in [2.45, 2.75) is 13.3 Å². The maximum Gasteiger partial charge on any atom is 0.152 e. The first-order valence-corrected chi connectivity index (χ1v) is 3.22. The molecule has 0 saturated carbocycles. The Bertz CT molecular complexity index is 164. The average Bonchev–Trinajstić information content (AvgIpc) is 1.87. The molecule has 0 aliphatic rings. The van der Waals surface area contributed by atoms with Gasteiger partial charge in [0.1, 0.15) is 0 Å². The van der Waals surface area contributed by atoms with Gasteiger partial charge in [0.25, 0.3) is 0 Å². The summed E-state index contributed by atoms with van der Waals surface area (Å²) in [5.41, 5.74) is 0. The van der Waals surface area contributed by atoms with Gasteiger partial charge in [-0.05, 0) is 19.4 Å². The maximum atomic E-state index is 10.3. The lowest BCUT2D eigenvalue weighted by atomic mass is 10.3. The molecule has 0 saturated heterocycles. The Morgan fingerprint density at radius 3 is 2.70 bits per heavy atom. The van der Waals surface area contributed by atoms with Crippen LogP contribution in [0.3, 0.4) is 0 Å². The molecule has 0 N–H and O–H groups in total. The second kappa shape index (κ2) is 6.02. The van der Waals surface area contributed by atoms with Gasteiger partial charge in [-0.1, -0.05) is 24.3 Å². The van der Waals surface area contributed by atoms with E-state index in [1.807, 2.05) is 12.2 Å². The van der Waals surface area contributed by atoms with Crippen molar-refractivity contribution >= 4 is 5.78 Å². The van der Waals surface area contributed by atoms with Gasteiger partial charge in [0, 0.05) is 0 Å². The topological polar surface area (TPSA) is 17.1 Å². The number of carbonyl (C=O) groups is 1. The average molecular weight is 136 g/mol. The molecule has 0 aromatic carbocycles. The fourth-order valence-electron chi connectivity index (χ4n) is 0.444. The predicted octanol–water partition coefficient (Wildman–Crippen LogP) is 2.26. The van der Waals surface area contributed by atoms with Gasteiger partial charge in [0.15, 0.2) is 5.78 Å². The van der Waals surface area contributed by atoms with Crippen molar-refractivity contribution in [2.75, 3.05) is 0 Å². The third kappa shape index (κ3) is 6.89. The van der Waals surface area contributed by atoms with Crippen LogP contribution in [0, 0.1) is 0 Å². The Labute approximate surface area is 61.8 Å². The van der Waals surface area contributed by atoms with E-state index in [-0.39, 0.29) is 5.78 Å². The standard InChI is InChI=1S/C9H12O/c1-3-4-5-6-7-8-9(2)10/h3,5-8H,1,4H2,2H3. The van der Waals surface area contributed by atoms with Crippen LogP contribution in [0.25, 0.3) is 0 Å². The Morgan fingerprint density at radius 1 is 1.50 bits per heavy atom. The van der Waals surface area contributed by atoms with E-state index in [1.165, 1.54) is 13.0 Å². The molecule has 1 heteroatoms. The SMILES string of the molecule is C=CCC=CC=CC(C)=O. The summed E-state index contributed by atoms with van der Waals surface area (Å²) in [6, 6.07) is 0. The minimum absolute atomic E-state index is 0.0725. The number of hydrogen-bond donors (Lipinski definition) is 0. The molecule has 0 amide bonds. The summed E-state index contributed by atoms with van der Waals surface area (Å²) in [5, 5.41) is 0. The van der Waals surface area contributed by atoms with Crippen molar-refractivity contribution in [3.63, 3.8) is 0 Å². The molecule has 0 aliphatic heterocycles. The van der Waals surface area contributed by atoms with Crippen LogP contribution in [0.2, 0.25) is 0 Å². The monoisotopic (exact) mass is 136 g/mol. The molecule has 0 aromatic heterocycles. The van der Waals surface area contributed by atoms with Crippen LogP contribution < -0.4 is 0 Å². The van der Waals surface area contributed by atoms with Crippen molar-refractivity contribution in [3.8, 4) is 0 Å². The molecule has 0 radical (unpaired) electrons. The molecule has 0 spiro atoms. The van der Waals surface area contributed by atoms with Crippen molar-refractivity contribution in [1.82, 2.24) is 0 Å². The van der Waals surface area contributed by atoms with Gasteiger partial charge in [-0.2, -0.15) is 0 Å².